The minimum atomic E-state index is -0.0652. The number of rotatable bonds is 4. The Morgan fingerprint density at radius 1 is 1.27 bits per heavy atom. The third-order valence-corrected chi connectivity index (χ3v) is 4.30. The van der Waals surface area contributed by atoms with Crippen LogP contribution >= 0.6 is 15.9 Å². The van der Waals surface area contributed by atoms with Crippen LogP contribution in [0.1, 0.15) is 12.8 Å². The summed E-state index contributed by atoms with van der Waals surface area (Å²) in [7, 11) is 0. The van der Waals surface area contributed by atoms with Gasteiger partial charge in [-0.2, -0.15) is 0 Å². The smallest absolute Gasteiger partial charge is 0.258 e. The van der Waals surface area contributed by atoms with E-state index in [1.807, 2.05) is 30.3 Å². The lowest BCUT2D eigenvalue weighted by Gasteiger charge is -2.23. The van der Waals surface area contributed by atoms with Crippen molar-refractivity contribution in [1.29, 1.82) is 0 Å². The lowest BCUT2D eigenvalue weighted by Crippen LogP contribution is -2.46. The van der Waals surface area contributed by atoms with Gasteiger partial charge < -0.3 is 15.4 Å². The van der Waals surface area contributed by atoms with Crippen LogP contribution in [0.5, 0.6) is 5.75 Å². The van der Waals surface area contributed by atoms with Crippen LogP contribution in [0.2, 0.25) is 0 Å². The van der Waals surface area contributed by atoms with Crippen molar-refractivity contribution in [2.45, 2.75) is 18.9 Å². The molecular formula is C17H19BrN2O2. The van der Waals surface area contributed by atoms with Gasteiger partial charge in [0.05, 0.1) is 0 Å². The van der Waals surface area contributed by atoms with Gasteiger partial charge in [0, 0.05) is 17.1 Å². The number of halogens is 1. The van der Waals surface area contributed by atoms with Crippen LogP contribution in [0.15, 0.2) is 40.9 Å². The maximum atomic E-state index is 11.9. The Hall–Kier alpha value is -1.59. The molecular weight excluding hydrogens is 344 g/mol. The molecule has 22 heavy (non-hydrogen) atoms. The second-order valence-electron chi connectivity index (χ2n) is 5.55. The predicted octanol–water partition coefficient (Wildman–Crippen LogP) is 2.85. The van der Waals surface area contributed by atoms with Gasteiger partial charge in [-0.3, -0.25) is 4.79 Å². The molecule has 1 aliphatic heterocycles. The summed E-state index contributed by atoms with van der Waals surface area (Å²) in [4.78, 5) is 11.9. The highest BCUT2D eigenvalue weighted by Gasteiger charge is 2.15. The van der Waals surface area contributed by atoms with Crippen LogP contribution in [-0.2, 0) is 4.79 Å². The first-order valence-corrected chi connectivity index (χ1v) is 8.32. The number of benzene rings is 2. The topological polar surface area (TPSA) is 50.4 Å². The molecule has 0 aromatic heterocycles. The van der Waals surface area contributed by atoms with Gasteiger partial charge in [0.15, 0.2) is 6.61 Å². The lowest BCUT2D eigenvalue weighted by molar-refractivity contribution is -0.123. The Morgan fingerprint density at radius 2 is 2.09 bits per heavy atom. The molecule has 1 fully saturated rings. The van der Waals surface area contributed by atoms with E-state index in [-0.39, 0.29) is 18.6 Å². The Balaban J connectivity index is 1.56. The van der Waals surface area contributed by atoms with Crippen LogP contribution in [0, 0.1) is 0 Å². The van der Waals surface area contributed by atoms with Crippen molar-refractivity contribution in [3.63, 3.8) is 0 Å². The van der Waals surface area contributed by atoms with E-state index in [1.54, 1.807) is 0 Å². The van der Waals surface area contributed by atoms with Gasteiger partial charge in [-0.05, 0) is 54.4 Å². The van der Waals surface area contributed by atoms with Gasteiger partial charge in [-0.15, -0.1) is 0 Å². The number of amides is 1. The van der Waals surface area contributed by atoms with E-state index in [0.717, 1.165) is 41.2 Å². The predicted molar refractivity (Wildman–Crippen MR) is 91.2 cm³/mol. The standard InChI is InChI=1S/C17H19BrN2O2/c18-14-5-3-13-9-16(6-4-12(13)8-14)22-11-17(21)20-15-2-1-7-19-10-15/h3-6,8-9,15,19H,1-2,7,10-11H2,(H,20,21). The molecule has 5 heteroatoms. The van der Waals surface area contributed by atoms with Crippen LogP contribution in [-0.4, -0.2) is 31.6 Å². The molecule has 2 aromatic rings. The Kier molecular flexibility index (Phi) is 4.95. The van der Waals surface area contributed by atoms with Crippen molar-refractivity contribution in [1.82, 2.24) is 10.6 Å². The van der Waals surface area contributed by atoms with Crippen molar-refractivity contribution in [3.8, 4) is 5.75 Å². The van der Waals surface area contributed by atoms with E-state index in [2.05, 4.69) is 32.6 Å². The number of carbonyl (C=O) groups excluding carboxylic acids is 1. The van der Waals surface area contributed by atoms with E-state index >= 15 is 0 Å². The molecule has 0 spiro atoms. The molecule has 1 aliphatic rings. The fourth-order valence-electron chi connectivity index (χ4n) is 2.68. The fourth-order valence-corrected chi connectivity index (χ4v) is 3.06. The molecule has 4 nitrogen and oxygen atoms in total. The third kappa shape index (κ3) is 3.99. The zero-order chi connectivity index (χ0) is 15.4. The van der Waals surface area contributed by atoms with Crippen LogP contribution in [0.25, 0.3) is 10.8 Å². The van der Waals surface area contributed by atoms with Crippen LogP contribution in [0.3, 0.4) is 0 Å². The van der Waals surface area contributed by atoms with Gasteiger partial charge in [0.2, 0.25) is 0 Å². The van der Waals surface area contributed by atoms with E-state index in [0.29, 0.717) is 5.75 Å². The highest BCUT2D eigenvalue weighted by Crippen LogP contribution is 2.24. The van der Waals surface area contributed by atoms with Gasteiger partial charge >= 0.3 is 0 Å². The second kappa shape index (κ2) is 7.11. The maximum absolute atomic E-state index is 11.9. The SMILES string of the molecule is O=C(COc1ccc2cc(Br)ccc2c1)NC1CCCNC1. The first-order chi connectivity index (χ1) is 10.7. The molecule has 3 rings (SSSR count). The summed E-state index contributed by atoms with van der Waals surface area (Å²) in [5, 5.41) is 8.51. The maximum Gasteiger partial charge on any atom is 0.258 e. The van der Waals surface area contributed by atoms with Crippen LogP contribution in [0.4, 0.5) is 0 Å². The molecule has 1 heterocycles. The van der Waals surface area contributed by atoms with Crippen LogP contribution < -0.4 is 15.4 Å². The lowest BCUT2D eigenvalue weighted by atomic mass is 10.1. The average molecular weight is 363 g/mol. The molecule has 1 unspecified atom stereocenters. The first-order valence-electron chi connectivity index (χ1n) is 7.53. The molecule has 0 aliphatic carbocycles. The highest BCUT2D eigenvalue weighted by molar-refractivity contribution is 9.10. The fraction of sp³-hybridized carbons (Fsp3) is 0.353. The average Bonchev–Trinajstić information content (AvgIpc) is 2.54. The zero-order valence-electron chi connectivity index (χ0n) is 12.3. The number of hydrogen-bond donors (Lipinski definition) is 2. The number of carbonyl (C=O) groups is 1. The Morgan fingerprint density at radius 3 is 2.91 bits per heavy atom. The molecule has 1 atom stereocenters. The summed E-state index contributed by atoms with van der Waals surface area (Å²) in [5.74, 6) is 0.649. The number of piperidine rings is 1. The zero-order valence-corrected chi connectivity index (χ0v) is 13.9. The summed E-state index contributed by atoms with van der Waals surface area (Å²) in [6.07, 6.45) is 2.13. The molecule has 2 aromatic carbocycles. The van der Waals surface area contributed by atoms with Crippen molar-refractivity contribution in [2.24, 2.45) is 0 Å². The summed E-state index contributed by atoms with van der Waals surface area (Å²) in [6, 6.07) is 12.1. The number of ether oxygens (including phenoxy) is 1. The van der Waals surface area contributed by atoms with E-state index in [4.69, 9.17) is 4.74 Å². The Labute approximate surface area is 138 Å². The van der Waals surface area contributed by atoms with Gasteiger partial charge in [-0.1, -0.05) is 28.1 Å². The Bertz CT molecular complexity index is 669. The normalized spacial score (nSPS) is 18.1. The summed E-state index contributed by atoms with van der Waals surface area (Å²) in [5.41, 5.74) is 0. The monoisotopic (exact) mass is 362 g/mol. The largest absolute Gasteiger partial charge is 0.484 e. The summed E-state index contributed by atoms with van der Waals surface area (Å²) < 4.78 is 6.65. The van der Waals surface area contributed by atoms with Crippen molar-refractivity contribution in [2.75, 3.05) is 19.7 Å². The van der Waals surface area contributed by atoms with Crippen molar-refractivity contribution >= 4 is 32.6 Å². The summed E-state index contributed by atoms with van der Waals surface area (Å²) >= 11 is 3.46. The molecule has 0 saturated carbocycles. The minimum absolute atomic E-state index is 0.0541. The molecule has 1 saturated heterocycles. The van der Waals surface area contributed by atoms with Crippen molar-refractivity contribution < 1.29 is 9.53 Å². The van der Waals surface area contributed by atoms with E-state index < -0.39 is 0 Å². The second-order valence-corrected chi connectivity index (χ2v) is 6.47. The highest BCUT2D eigenvalue weighted by atomic mass is 79.9. The number of nitrogens with one attached hydrogen (secondary N) is 2. The van der Waals surface area contributed by atoms with Crippen molar-refractivity contribution in [3.05, 3.63) is 40.9 Å². The number of hydrogen-bond acceptors (Lipinski definition) is 3. The van der Waals surface area contributed by atoms with Gasteiger partial charge in [-0.25, -0.2) is 0 Å². The van der Waals surface area contributed by atoms with Gasteiger partial charge in [0.25, 0.3) is 5.91 Å². The van der Waals surface area contributed by atoms with Gasteiger partial charge in [0.1, 0.15) is 5.75 Å². The quantitative estimate of drug-likeness (QED) is 0.879. The third-order valence-electron chi connectivity index (χ3n) is 3.81. The molecule has 0 radical (unpaired) electrons. The molecule has 1 amide bonds. The van der Waals surface area contributed by atoms with E-state index in [1.165, 1.54) is 0 Å². The molecule has 2 N–H and O–H groups in total. The molecule has 116 valence electrons. The summed E-state index contributed by atoms with van der Waals surface area (Å²) in [6.45, 7) is 1.94. The minimum Gasteiger partial charge on any atom is -0.484 e. The number of fused-ring (bicyclic) bond motifs is 1. The molecule has 0 bridgehead atoms. The van der Waals surface area contributed by atoms with E-state index in [9.17, 15) is 4.79 Å². The first kappa shape index (κ1) is 15.3.